The standard InChI is InChI=1S/C14H32O2Si/c1-9-10-11-17(15-7,16-8)14(5,6)13(4)12(2)3/h12-13H,9-11H2,1-8H3. The zero-order valence-electron chi connectivity index (χ0n) is 13.1. The van der Waals surface area contributed by atoms with Crippen molar-refractivity contribution in [3.8, 4) is 0 Å². The molecule has 0 saturated heterocycles. The van der Waals surface area contributed by atoms with Crippen LogP contribution in [0.1, 0.15) is 54.4 Å². The first-order valence-corrected chi connectivity index (χ1v) is 8.91. The minimum atomic E-state index is -2.12. The Kier molecular flexibility index (Phi) is 6.96. The summed E-state index contributed by atoms with van der Waals surface area (Å²) in [6, 6.07) is 1.10. The van der Waals surface area contributed by atoms with E-state index in [4.69, 9.17) is 8.85 Å². The summed E-state index contributed by atoms with van der Waals surface area (Å²) in [7, 11) is 1.55. The predicted octanol–water partition coefficient (Wildman–Crippen LogP) is 4.59. The van der Waals surface area contributed by atoms with Gasteiger partial charge in [-0.15, -0.1) is 0 Å². The number of rotatable bonds is 8. The maximum absolute atomic E-state index is 5.94. The quantitative estimate of drug-likeness (QED) is 0.594. The van der Waals surface area contributed by atoms with Crippen LogP contribution < -0.4 is 0 Å². The van der Waals surface area contributed by atoms with Crippen LogP contribution in [-0.4, -0.2) is 22.8 Å². The summed E-state index contributed by atoms with van der Waals surface area (Å²) >= 11 is 0. The van der Waals surface area contributed by atoms with Crippen LogP contribution in [0.4, 0.5) is 0 Å². The van der Waals surface area contributed by atoms with Crippen LogP contribution in [0.3, 0.4) is 0 Å². The smallest absolute Gasteiger partial charge is 0.343 e. The minimum absolute atomic E-state index is 0.139. The monoisotopic (exact) mass is 260 g/mol. The second kappa shape index (κ2) is 6.91. The number of hydrogen-bond acceptors (Lipinski definition) is 2. The Bertz CT molecular complexity index is 210. The van der Waals surface area contributed by atoms with E-state index in [9.17, 15) is 0 Å². The van der Waals surface area contributed by atoms with E-state index in [1.54, 1.807) is 0 Å². The molecule has 0 N–H and O–H groups in total. The Balaban J connectivity index is 5.13. The number of unbranched alkanes of at least 4 members (excludes halogenated alkanes) is 1. The lowest BCUT2D eigenvalue weighted by Crippen LogP contribution is -2.53. The molecule has 0 rings (SSSR count). The molecule has 0 aromatic heterocycles. The lowest BCUT2D eigenvalue weighted by molar-refractivity contribution is 0.171. The first-order chi connectivity index (χ1) is 7.79. The van der Waals surface area contributed by atoms with Crippen LogP contribution >= 0.6 is 0 Å². The fraction of sp³-hybridized carbons (Fsp3) is 1.00. The fourth-order valence-electron chi connectivity index (χ4n) is 2.73. The van der Waals surface area contributed by atoms with Crippen molar-refractivity contribution < 1.29 is 8.85 Å². The van der Waals surface area contributed by atoms with E-state index in [1.807, 2.05) is 14.2 Å². The highest BCUT2D eigenvalue weighted by Gasteiger charge is 2.53. The summed E-state index contributed by atoms with van der Waals surface area (Å²) < 4.78 is 11.9. The second-order valence-electron chi connectivity index (χ2n) is 6.02. The van der Waals surface area contributed by atoms with E-state index in [0.717, 1.165) is 6.04 Å². The highest BCUT2D eigenvalue weighted by molar-refractivity contribution is 6.70. The molecule has 0 amide bonds. The van der Waals surface area contributed by atoms with Crippen molar-refractivity contribution in [2.24, 2.45) is 11.8 Å². The molecule has 0 spiro atoms. The van der Waals surface area contributed by atoms with Gasteiger partial charge in [0.2, 0.25) is 0 Å². The SMILES string of the molecule is CCCC[Si](OC)(OC)C(C)(C)C(C)C(C)C. The largest absolute Gasteiger partial charge is 0.397 e. The van der Waals surface area contributed by atoms with E-state index in [-0.39, 0.29) is 5.04 Å². The van der Waals surface area contributed by atoms with E-state index < -0.39 is 8.56 Å². The topological polar surface area (TPSA) is 18.5 Å². The lowest BCUT2D eigenvalue weighted by Gasteiger charge is -2.46. The highest BCUT2D eigenvalue weighted by Crippen LogP contribution is 2.50. The molecular formula is C14H32O2Si. The van der Waals surface area contributed by atoms with Crippen LogP contribution in [0.5, 0.6) is 0 Å². The molecule has 0 saturated carbocycles. The van der Waals surface area contributed by atoms with E-state index in [0.29, 0.717) is 11.8 Å². The zero-order valence-corrected chi connectivity index (χ0v) is 14.1. The summed E-state index contributed by atoms with van der Waals surface area (Å²) in [6.07, 6.45) is 2.40. The van der Waals surface area contributed by atoms with Crippen molar-refractivity contribution in [3.05, 3.63) is 0 Å². The summed E-state index contributed by atoms with van der Waals surface area (Å²) in [5.41, 5.74) is 0. The molecule has 0 heterocycles. The molecular weight excluding hydrogens is 228 g/mol. The molecule has 104 valence electrons. The third-order valence-corrected chi connectivity index (χ3v) is 9.39. The van der Waals surface area contributed by atoms with Crippen molar-refractivity contribution in [1.29, 1.82) is 0 Å². The van der Waals surface area contributed by atoms with Gasteiger partial charge in [-0.1, -0.05) is 54.4 Å². The first-order valence-electron chi connectivity index (χ1n) is 6.89. The minimum Gasteiger partial charge on any atom is -0.397 e. The Morgan fingerprint density at radius 2 is 1.53 bits per heavy atom. The van der Waals surface area contributed by atoms with Crippen molar-refractivity contribution in [1.82, 2.24) is 0 Å². The average molecular weight is 260 g/mol. The van der Waals surface area contributed by atoms with Crippen LogP contribution in [0.25, 0.3) is 0 Å². The molecule has 0 aromatic rings. The van der Waals surface area contributed by atoms with Gasteiger partial charge in [-0.3, -0.25) is 0 Å². The van der Waals surface area contributed by atoms with Gasteiger partial charge in [-0.2, -0.15) is 0 Å². The van der Waals surface area contributed by atoms with Gasteiger partial charge < -0.3 is 8.85 Å². The van der Waals surface area contributed by atoms with Gasteiger partial charge in [0.25, 0.3) is 0 Å². The molecule has 0 aliphatic rings. The fourth-order valence-corrected chi connectivity index (χ4v) is 6.84. The van der Waals surface area contributed by atoms with Gasteiger partial charge in [0, 0.05) is 19.3 Å². The van der Waals surface area contributed by atoms with Crippen molar-refractivity contribution >= 4 is 8.56 Å². The van der Waals surface area contributed by atoms with Crippen LogP contribution in [-0.2, 0) is 8.85 Å². The Hall–Kier alpha value is 0.137. The maximum Gasteiger partial charge on any atom is 0.343 e. The molecule has 1 atom stereocenters. The Labute approximate surface area is 109 Å². The molecule has 0 aromatic carbocycles. The molecule has 2 nitrogen and oxygen atoms in total. The van der Waals surface area contributed by atoms with Crippen LogP contribution in [0.15, 0.2) is 0 Å². The third-order valence-electron chi connectivity index (χ3n) is 4.64. The lowest BCUT2D eigenvalue weighted by atomic mass is 9.86. The highest BCUT2D eigenvalue weighted by atomic mass is 28.4. The van der Waals surface area contributed by atoms with Crippen LogP contribution in [0.2, 0.25) is 11.1 Å². The first kappa shape index (κ1) is 17.1. The second-order valence-corrected chi connectivity index (χ2v) is 10.1. The summed E-state index contributed by atoms with van der Waals surface area (Å²) in [5.74, 6) is 1.26. The molecule has 0 fully saturated rings. The molecule has 3 heteroatoms. The van der Waals surface area contributed by atoms with Crippen molar-refractivity contribution in [2.75, 3.05) is 14.2 Å². The summed E-state index contributed by atoms with van der Waals surface area (Å²) in [6.45, 7) is 13.8. The Morgan fingerprint density at radius 1 is 1.06 bits per heavy atom. The van der Waals surface area contributed by atoms with Gasteiger partial charge in [0.1, 0.15) is 0 Å². The third kappa shape index (κ3) is 3.55. The predicted molar refractivity (Wildman–Crippen MR) is 77.5 cm³/mol. The normalized spacial score (nSPS) is 15.4. The number of hydrogen-bond donors (Lipinski definition) is 0. The van der Waals surface area contributed by atoms with Crippen molar-refractivity contribution in [2.45, 2.75) is 65.5 Å². The van der Waals surface area contributed by atoms with Gasteiger partial charge >= 0.3 is 8.56 Å². The van der Waals surface area contributed by atoms with Gasteiger partial charge in [0.15, 0.2) is 0 Å². The van der Waals surface area contributed by atoms with Crippen LogP contribution in [0, 0.1) is 11.8 Å². The van der Waals surface area contributed by atoms with Gasteiger partial charge in [-0.25, -0.2) is 0 Å². The molecule has 0 aliphatic heterocycles. The summed E-state index contributed by atoms with van der Waals surface area (Å²) in [4.78, 5) is 0. The van der Waals surface area contributed by atoms with Crippen molar-refractivity contribution in [3.63, 3.8) is 0 Å². The van der Waals surface area contributed by atoms with E-state index in [1.165, 1.54) is 12.8 Å². The van der Waals surface area contributed by atoms with Gasteiger partial charge in [0.05, 0.1) is 0 Å². The Morgan fingerprint density at radius 3 is 1.82 bits per heavy atom. The summed E-state index contributed by atoms with van der Waals surface area (Å²) in [5, 5.41) is 0.139. The van der Waals surface area contributed by atoms with E-state index in [2.05, 4.69) is 41.5 Å². The molecule has 0 bridgehead atoms. The van der Waals surface area contributed by atoms with Gasteiger partial charge in [-0.05, 0) is 17.9 Å². The average Bonchev–Trinajstić information content (AvgIpc) is 2.29. The van der Waals surface area contributed by atoms with E-state index >= 15 is 0 Å². The molecule has 0 aliphatic carbocycles. The molecule has 0 radical (unpaired) electrons. The molecule has 17 heavy (non-hydrogen) atoms. The maximum atomic E-state index is 5.94. The molecule has 1 unspecified atom stereocenters. The zero-order chi connectivity index (χ0) is 13.7.